The van der Waals surface area contributed by atoms with Crippen LogP contribution in [0.2, 0.25) is 5.02 Å². The SMILES string of the molecule is Nc1c(Cl)cc(C[C@@H](CC(=O)N2CCC(n3c(=O)[nH]c4ccccc43)CC2)C(=O)N2CCC(N3CCCC3)CC2)cc1C(F)(F)F. The lowest BCUT2D eigenvalue weighted by atomic mass is 9.91. The van der Waals surface area contributed by atoms with E-state index in [1.807, 2.05) is 24.3 Å². The summed E-state index contributed by atoms with van der Waals surface area (Å²) in [6.45, 7) is 4.05. The van der Waals surface area contributed by atoms with Crippen LogP contribution >= 0.6 is 11.6 Å². The topological polar surface area (TPSA) is 108 Å². The van der Waals surface area contributed by atoms with Crippen LogP contribution in [0.3, 0.4) is 0 Å². The number of para-hydroxylation sites is 2. The predicted molar refractivity (Wildman–Crippen MR) is 170 cm³/mol. The van der Waals surface area contributed by atoms with Crippen molar-refractivity contribution in [2.24, 2.45) is 5.92 Å². The van der Waals surface area contributed by atoms with Crippen molar-refractivity contribution in [3.05, 3.63) is 63.0 Å². The second-order valence-electron chi connectivity index (χ2n) is 12.9. The van der Waals surface area contributed by atoms with E-state index in [1.54, 1.807) is 14.4 Å². The molecule has 0 aliphatic carbocycles. The number of aromatic amines is 1. The molecule has 0 bridgehead atoms. The zero-order valence-corrected chi connectivity index (χ0v) is 26.5. The normalized spacial score (nSPS) is 19.7. The summed E-state index contributed by atoms with van der Waals surface area (Å²) in [5, 5.41) is -0.233. The van der Waals surface area contributed by atoms with Gasteiger partial charge in [0.1, 0.15) is 0 Å². The van der Waals surface area contributed by atoms with Crippen LogP contribution in [0.4, 0.5) is 18.9 Å². The highest BCUT2D eigenvalue weighted by atomic mass is 35.5. The van der Waals surface area contributed by atoms with Crippen LogP contribution in [0.5, 0.6) is 0 Å². The van der Waals surface area contributed by atoms with E-state index in [-0.39, 0.29) is 47.0 Å². The number of nitrogens with one attached hydrogen (secondary N) is 1. The van der Waals surface area contributed by atoms with Crippen LogP contribution in [0.25, 0.3) is 11.0 Å². The Morgan fingerprint density at radius 1 is 0.935 bits per heavy atom. The molecule has 3 N–H and O–H groups in total. The van der Waals surface area contributed by atoms with Gasteiger partial charge in [-0.2, -0.15) is 13.2 Å². The zero-order valence-electron chi connectivity index (χ0n) is 25.7. The molecule has 1 aromatic heterocycles. The molecule has 9 nitrogen and oxygen atoms in total. The average Bonchev–Trinajstić information content (AvgIpc) is 3.69. The highest BCUT2D eigenvalue weighted by molar-refractivity contribution is 6.33. The fourth-order valence-electron chi connectivity index (χ4n) is 7.52. The number of nitrogens with two attached hydrogens (primary N) is 1. The molecule has 3 aromatic rings. The van der Waals surface area contributed by atoms with Crippen molar-refractivity contribution in [1.29, 1.82) is 0 Å². The van der Waals surface area contributed by atoms with E-state index in [4.69, 9.17) is 17.3 Å². The average molecular weight is 661 g/mol. The van der Waals surface area contributed by atoms with E-state index in [2.05, 4.69) is 9.88 Å². The molecule has 3 saturated heterocycles. The minimum absolute atomic E-state index is 0.0685. The lowest BCUT2D eigenvalue weighted by molar-refractivity contribution is -0.143. The number of aromatic nitrogens is 2. The molecule has 46 heavy (non-hydrogen) atoms. The second-order valence-corrected chi connectivity index (χ2v) is 13.3. The molecule has 6 rings (SSSR count). The van der Waals surface area contributed by atoms with Gasteiger partial charge in [0.05, 0.1) is 33.2 Å². The summed E-state index contributed by atoms with van der Waals surface area (Å²) in [7, 11) is 0. The number of H-pyrrole nitrogens is 1. The van der Waals surface area contributed by atoms with Crippen LogP contribution < -0.4 is 11.4 Å². The predicted octanol–water partition coefficient (Wildman–Crippen LogP) is 5.08. The Bertz CT molecular complexity index is 1630. The monoisotopic (exact) mass is 660 g/mol. The largest absolute Gasteiger partial charge is 0.418 e. The van der Waals surface area contributed by atoms with Gasteiger partial charge in [0.15, 0.2) is 0 Å². The Balaban J connectivity index is 1.17. The number of nitrogen functional groups attached to an aromatic ring is 1. The summed E-state index contributed by atoms with van der Waals surface area (Å²) in [6.07, 6.45) is 0.252. The second kappa shape index (κ2) is 13.3. The summed E-state index contributed by atoms with van der Waals surface area (Å²) in [4.78, 5) is 49.2. The van der Waals surface area contributed by atoms with Gasteiger partial charge in [0.2, 0.25) is 11.8 Å². The molecule has 1 atom stereocenters. The third-order valence-corrected chi connectivity index (χ3v) is 10.3. The molecule has 248 valence electrons. The summed E-state index contributed by atoms with van der Waals surface area (Å²) >= 11 is 6.12. The fourth-order valence-corrected chi connectivity index (χ4v) is 7.77. The number of halogens is 4. The van der Waals surface area contributed by atoms with E-state index in [9.17, 15) is 27.6 Å². The molecule has 3 aliphatic heterocycles. The highest BCUT2D eigenvalue weighted by Gasteiger charge is 2.37. The number of carbonyl (C=O) groups is 2. The van der Waals surface area contributed by atoms with Gasteiger partial charge in [0, 0.05) is 44.7 Å². The van der Waals surface area contributed by atoms with Crippen LogP contribution in [0.1, 0.15) is 62.1 Å². The summed E-state index contributed by atoms with van der Waals surface area (Å²) in [5.74, 6) is -1.31. The smallest absolute Gasteiger partial charge is 0.397 e. The van der Waals surface area contributed by atoms with Gasteiger partial charge < -0.3 is 25.4 Å². The first-order valence-corrected chi connectivity index (χ1v) is 16.5. The Morgan fingerprint density at radius 3 is 2.24 bits per heavy atom. The first kappa shape index (κ1) is 32.4. The third-order valence-electron chi connectivity index (χ3n) is 9.99. The van der Waals surface area contributed by atoms with Crippen molar-refractivity contribution in [3.8, 4) is 0 Å². The molecule has 0 unspecified atom stereocenters. The fraction of sp³-hybridized carbons (Fsp3) is 0.545. The van der Waals surface area contributed by atoms with E-state index in [0.29, 0.717) is 45.1 Å². The highest BCUT2D eigenvalue weighted by Crippen LogP contribution is 2.38. The Kier molecular flexibility index (Phi) is 9.38. The first-order valence-electron chi connectivity index (χ1n) is 16.1. The molecule has 3 fully saturated rings. The van der Waals surface area contributed by atoms with Gasteiger partial charge in [-0.15, -0.1) is 0 Å². The molecular weight excluding hydrogens is 621 g/mol. The number of likely N-dealkylation sites (tertiary alicyclic amines) is 3. The minimum atomic E-state index is -4.71. The maximum absolute atomic E-state index is 14.0. The number of piperidine rings is 2. The van der Waals surface area contributed by atoms with Crippen molar-refractivity contribution in [3.63, 3.8) is 0 Å². The Morgan fingerprint density at radius 2 is 1.57 bits per heavy atom. The number of hydrogen-bond donors (Lipinski definition) is 2. The first-order chi connectivity index (χ1) is 22.0. The van der Waals surface area contributed by atoms with Crippen molar-refractivity contribution < 1.29 is 22.8 Å². The van der Waals surface area contributed by atoms with Crippen LogP contribution in [-0.4, -0.2) is 81.4 Å². The van der Waals surface area contributed by atoms with E-state index >= 15 is 0 Å². The van der Waals surface area contributed by atoms with Gasteiger partial charge in [-0.05, 0) is 87.9 Å². The van der Waals surface area contributed by atoms with E-state index < -0.39 is 23.3 Å². The van der Waals surface area contributed by atoms with Gasteiger partial charge >= 0.3 is 11.9 Å². The van der Waals surface area contributed by atoms with Crippen LogP contribution in [0.15, 0.2) is 41.2 Å². The van der Waals surface area contributed by atoms with Crippen molar-refractivity contribution >= 4 is 40.1 Å². The Hall–Kier alpha value is -3.51. The number of nitrogens with zero attached hydrogens (tertiary/aromatic N) is 4. The maximum atomic E-state index is 14.0. The van der Waals surface area contributed by atoms with E-state index in [0.717, 1.165) is 43.0 Å². The van der Waals surface area contributed by atoms with E-state index in [1.165, 1.54) is 18.9 Å². The summed E-state index contributed by atoms with van der Waals surface area (Å²) in [5.41, 5.74) is 5.65. The minimum Gasteiger partial charge on any atom is -0.397 e. The zero-order chi connectivity index (χ0) is 32.6. The lowest BCUT2D eigenvalue weighted by Crippen LogP contribution is -2.48. The van der Waals surface area contributed by atoms with Crippen molar-refractivity contribution in [1.82, 2.24) is 24.3 Å². The quantitative estimate of drug-likeness (QED) is 0.344. The number of imidazole rings is 1. The Labute approximate surface area is 270 Å². The number of rotatable bonds is 7. The molecule has 0 spiro atoms. The van der Waals surface area contributed by atoms with Crippen molar-refractivity contribution in [2.45, 2.75) is 69.6 Å². The number of amides is 2. The molecule has 3 aliphatic rings. The molecule has 2 amide bonds. The molecule has 0 saturated carbocycles. The number of anilines is 1. The lowest BCUT2D eigenvalue weighted by Gasteiger charge is -2.38. The number of carbonyl (C=O) groups excluding carboxylic acids is 2. The number of hydrogen-bond acceptors (Lipinski definition) is 5. The molecule has 4 heterocycles. The van der Waals surface area contributed by atoms with Crippen LogP contribution in [-0.2, 0) is 22.2 Å². The van der Waals surface area contributed by atoms with Gasteiger partial charge in [-0.1, -0.05) is 23.7 Å². The van der Waals surface area contributed by atoms with Gasteiger partial charge in [-0.3, -0.25) is 14.2 Å². The van der Waals surface area contributed by atoms with Gasteiger partial charge in [-0.25, -0.2) is 4.79 Å². The number of benzene rings is 2. The summed E-state index contributed by atoms with van der Waals surface area (Å²) in [6, 6.07) is 10.1. The molecule has 13 heteroatoms. The van der Waals surface area contributed by atoms with Gasteiger partial charge in [0.25, 0.3) is 0 Å². The molecular formula is C33H40ClF3N6O3. The third kappa shape index (κ3) is 6.78. The number of fused-ring (bicyclic) bond motifs is 1. The molecule has 2 aromatic carbocycles. The maximum Gasteiger partial charge on any atom is 0.418 e. The van der Waals surface area contributed by atoms with Crippen LogP contribution in [0, 0.1) is 5.92 Å². The van der Waals surface area contributed by atoms with Crippen molar-refractivity contribution in [2.75, 3.05) is 45.0 Å². The molecule has 0 radical (unpaired) electrons. The number of alkyl halides is 3. The standard InChI is InChI=1S/C33H40ClF3N6O3/c34-26-19-21(18-25(30(26)38)33(35,36)37)17-22(31(45)42-15-7-23(8-16-42)40-11-3-4-12-40)20-29(44)41-13-9-24(10-14-41)43-28-6-2-1-5-27(28)39-32(43)46/h1-2,5-6,18-19,22-24H,3-4,7-17,20,38H2,(H,39,46)/t22-/m0/s1. The summed E-state index contributed by atoms with van der Waals surface area (Å²) < 4.78 is 43.0.